The van der Waals surface area contributed by atoms with E-state index in [0.717, 1.165) is 0 Å². The Morgan fingerprint density at radius 3 is 3.00 bits per heavy atom. The molecular formula is C9H10N2O. The second-order valence-electron chi connectivity index (χ2n) is 2.26. The van der Waals surface area contributed by atoms with E-state index < -0.39 is 0 Å². The first-order chi connectivity index (χ1) is 5.75. The molecule has 12 heavy (non-hydrogen) atoms. The third-order valence-corrected chi connectivity index (χ3v) is 1.40. The van der Waals surface area contributed by atoms with Crippen LogP contribution in [-0.4, -0.2) is 10.5 Å². The van der Waals surface area contributed by atoms with E-state index in [1.54, 1.807) is 18.3 Å². The van der Waals surface area contributed by atoms with Gasteiger partial charge in [-0.3, -0.25) is 9.36 Å². The van der Waals surface area contributed by atoms with Crippen LogP contribution in [-0.2, 0) is 0 Å². The Bertz CT molecular complexity index is 363. The third kappa shape index (κ3) is 1.69. The molecule has 3 nitrogen and oxygen atoms in total. The highest BCUT2D eigenvalue weighted by Crippen LogP contribution is 1.81. The van der Waals surface area contributed by atoms with Crippen molar-refractivity contribution >= 4 is 5.91 Å². The zero-order valence-electron chi connectivity index (χ0n) is 6.90. The summed E-state index contributed by atoms with van der Waals surface area (Å²) in [6, 6.07) is 5.36. The third-order valence-electron chi connectivity index (χ3n) is 1.40. The fourth-order valence-corrected chi connectivity index (χ4v) is 0.899. The quantitative estimate of drug-likeness (QED) is 0.610. The number of pyridine rings is 1. The average molecular weight is 162 g/mol. The summed E-state index contributed by atoms with van der Waals surface area (Å²) < 4.78 is 1.46. The maximum absolute atomic E-state index is 11.0. The van der Waals surface area contributed by atoms with Crippen molar-refractivity contribution < 1.29 is 4.79 Å². The van der Waals surface area contributed by atoms with Crippen molar-refractivity contribution in [2.45, 2.75) is 6.92 Å². The van der Waals surface area contributed by atoms with Gasteiger partial charge in [-0.05, 0) is 12.1 Å². The van der Waals surface area contributed by atoms with Crippen molar-refractivity contribution in [2.24, 2.45) is 4.99 Å². The standard InChI is InChI=1S/C9H10N2O/c1-3-10-9-6-4-5-7-11(9)8(2)12/h3-7H,1H2,2H3/b10-9-. The van der Waals surface area contributed by atoms with E-state index in [2.05, 4.69) is 11.6 Å². The van der Waals surface area contributed by atoms with Crippen LogP contribution in [0, 0.1) is 0 Å². The Balaban J connectivity index is 3.37. The molecule has 1 aromatic heterocycles. The van der Waals surface area contributed by atoms with E-state index in [-0.39, 0.29) is 5.91 Å². The molecule has 0 saturated carbocycles. The van der Waals surface area contributed by atoms with Crippen LogP contribution >= 0.6 is 0 Å². The molecule has 3 heteroatoms. The molecule has 0 N–H and O–H groups in total. The second kappa shape index (κ2) is 3.67. The van der Waals surface area contributed by atoms with Crippen LogP contribution in [0.3, 0.4) is 0 Å². The van der Waals surface area contributed by atoms with Crippen molar-refractivity contribution in [3.05, 3.63) is 42.7 Å². The summed E-state index contributed by atoms with van der Waals surface area (Å²) in [7, 11) is 0. The SMILES string of the molecule is C=C/N=c1/ccccn1C(C)=O. The fraction of sp³-hybridized carbons (Fsp3) is 0.111. The van der Waals surface area contributed by atoms with Crippen LogP contribution in [0.5, 0.6) is 0 Å². The van der Waals surface area contributed by atoms with Crippen molar-refractivity contribution in [1.29, 1.82) is 0 Å². The largest absolute Gasteiger partial charge is 0.274 e. The fourth-order valence-electron chi connectivity index (χ4n) is 0.899. The molecule has 62 valence electrons. The first kappa shape index (κ1) is 8.46. The van der Waals surface area contributed by atoms with Gasteiger partial charge in [-0.25, -0.2) is 4.99 Å². The van der Waals surface area contributed by atoms with Crippen LogP contribution in [0.1, 0.15) is 11.7 Å². The lowest BCUT2D eigenvalue weighted by Crippen LogP contribution is -2.23. The molecule has 0 unspecified atom stereocenters. The van der Waals surface area contributed by atoms with Crippen molar-refractivity contribution in [2.75, 3.05) is 0 Å². The van der Waals surface area contributed by atoms with E-state index >= 15 is 0 Å². The molecule has 1 rings (SSSR count). The number of hydrogen-bond acceptors (Lipinski definition) is 2. The first-order valence-corrected chi connectivity index (χ1v) is 3.59. The molecule has 0 spiro atoms. The smallest absolute Gasteiger partial charge is 0.229 e. The van der Waals surface area contributed by atoms with Gasteiger partial charge < -0.3 is 0 Å². The molecule has 1 heterocycles. The topological polar surface area (TPSA) is 34.4 Å². The minimum atomic E-state index is -0.0591. The minimum Gasteiger partial charge on any atom is -0.274 e. The van der Waals surface area contributed by atoms with Gasteiger partial charge in [0, 0.05) is 19.3 Å². The molecule has 0 aliphatic rings. The predicted octanol–water partition coefficient (Wildman–Crippen LogP) is 1.19. The Hall–Kier alpha value is -1.64. The van der Waals surface area contributed by atoms with Crippen molar-refractivity contribution in [3.8, 4) is 0 Å². The molecule has 0 aromatic carbocycles. The normalized spacial score (nSPS) is 11.2. The Morgan fingerprint density at radius 1 is 1.67 bits per heavy atom. The van der Waals surface area contributed by atoms with Gasteiger partial charge in [0.15, 0.2) is 0 Å². The molecular weight excluding hydrogens is 152 g/mol. The number of rotatable bonds is 1. The van der Waals surface area contributed by atoms with Gasteiger partial charge in [-0.15, -0.1) is 0 Å². The van der Waals surface area contributed by atoms with Crippen LogP contribution in [0.2, 0.25) is 0 Å². The van der Waals surface area contributed by atoms with E-state index in [0.29, 0.717) is 5.49 Å². The van der Waals surface area contributed by atoms with Gasteiger partial charge in [0.2, 0.25) is 5.91 Å². The lowest BCUT2D eigenvalue weighted by atomic mass is 10.4. The molecule has 0 aliphatic heterocycles. The number of hydrogen-bond donors (Lipinski definition) is 0. The Morgan fingerprint density at radius 2 is 2.42 bits per heavy atom. The van der Waals surface area contributed by atoms with Gasteiger partial charge in [-0.2, -0.15) is 0 Å². The number of nitrogens with zero attached hydrogens (tertiary/aromatic N) is 2. The lowest BCUT2D eigenvalue weighted by Gasteiger charge is -1.99. The average Bonchev–Trinajstić information content (AvgIpc) is 2.05. The molecule has 0 aliphatic carbocycles. The van der Waals surface area contributed by atoms with Gasteiger partial charge in [0.25, 0.3) is 0 Å². The Labute approximate surface area is 70.7 Å². The first-order valence-electron chi connectivity index (χ1n) is 3.59. The van der Waals surface area contributed by atoms with Crippen molar-refractivity contribution in [1.82, 2.24) is 4.57 Å². The summed E-state index contributed by atoms with van der Waals surface area (Å²) in [5.41, 5.74) is 0.597. The molecule has 0 radical (unpaired) electrons. The predicted molar refractivity (Wildman–Crippen MR) is 46.5 cm³/mol. The zero-order chi connectivity index (χ0) is 8.97. The van der Waals surface area contributed by atoms with Gasteiger partial charge in [-0.1, -0.05) is 12.6 Å². The lowest BCUT2D eigenvalue weighted by molar-refractivity contribution is 0.0931. The second-order valence-corrected chi connectivity index (χ2v) is 2.26. The monoisotopic (exact) mass is 162 g/mol. The minimum absolute atomic E-state index is 0.0591. The molecule has 1 aromatic rings. The maximum Gasteiger partial charge on any atom is 0.229 e. The maximum atomic E-state index is 11.0. The number of aromatic nitrogens is 1. The summed E-state index contributed by atoms with van der Waals surface area (Å²) in [6.45, 7) is 4.95. The molecule has 0 atom stereocenters. The highest BCUT2D eigenvalue weighted by molar-refractivity contribution is 5.75. The van der Waals surface area contributed by atoms with Crippen molar-refractivity contribution in [3.63, 3.8) is 0 Å². The van der Waals surface area contributed by atoms with E-state index in [9.17, 15) is 4.79 Å². The van der Waals surface area contributed by atoms with E-state index in [1.807, 2.05) is 6.07 Å². The molecule has 0 bridgehead atoms. The summed E-state index contributed by atoms with van der Waals surface area (Å²) in [5, 5.41) is 0. The molecule has 0 fully saturated rings. The summed E-state index contributed by atoms with van der Waals surface area (Å²) in [4.78, 5) is 14.9. The summed E-state index contributed by atoms with van der Waals surface area (Å²) in [6.07, 6.45) is 3.08. The molecule has 0 saturated heterocycles. The van der Waals surface area contributed by atoms with Gasteiger partial charge in [0.1, 0.15) is 5.49 Å². The van der Waals surface area contributed by atoms with E-state index in [1.165, 1.54) is 17.7 Å². The highest BCUT2D eigenvalue weighted by atomic mass is 16.1. The molecule has 0 amide bonds. The Kier molecular flexibility index (Phi) is 2.58. The van der Waals surface area contributed by atoms with E-state index in [4.69, 9.17) is 0 Å². The number of carbonyl (C=O) groups is 1. The summed E-state index contributed by atoms with van der Waals surface area (Å²) in [5.74, 6) is -0.0591. The van der Waals surface area contributed by atoms with Gasteiger partial charge in [0.05, 0.1) is 0 Å². The van der Waals surface area contributed by atoms with Crippen LogP contribution in [0.15, 0.2) is 42.2 Å². The summed E-state index contributed by atoms with van der Waals surface area (Å²) >= 11 is 0. The van der Waals surface area contributed by atoms with Crippen LogP contribution in [0.4, 0.5) is 0 Å². The zero-order valence-corrected chi connectivity index (χ0v) is 6.90. The number of carbonyl (C=O) groups excluding carboxylic acids is 1. The van der Waals surface area contributed by atoms with Crippen LogP contribution in [0.25, 0.3) is 0 Å². The van der Waals surface area contributed by atoms with Crippen LogP contribution < -0.4 is 5.49 Å². The highest BCUT2D eigenvalue weighted by Gasteiger charge is 1.94. The van der Waals surface area contributed by atoms with Gasteiger partial charge >= 0.3 is 0 Å².